The van der Waals surface area contributed by atoms with Crippen LogP contribution < -0.4 is 10.6 Å². The Hall–Kier alpha value is -1.04. The van der Waals surface area contributed by atoms with E-state index in [2.05, 4.69) is 41.8 Å². The minimum absolute atomic E-state index is 0.0638. The number of carbonyl (C=O) groups is 1. The van der Waals surface area contributed by atoms with Gasteiger partial charge in [-0.15, -0.1) is 0 Å². The monoisotopic (exact) mass is 322 g/mol. The lowest BCUT2D eigenvalue weighted by Gasteiger charge is -2.10. The zero-order chi connectivity index (χ0) is 15.6. The second-order valence-corrected chi connectivity index (χ2v) is 6.76. The first-order valence-electron chi connectivity index (χ1n) is 7.96. The fourth-order valence-electron chi connectivity index (χ4n) is 2.35. The Morgan fingerprint density at radius 2 is 2.18 bits per heavy atom. The molecular weight excluding hydrogens is 296 g/mol. The Balaban J connectivity index is 1.45. The fraction of sp³-hybridized carbons (Fsp3) is 0.588. The van der Waals surface area contributed by atoms with Gasteiger partial charge in [-0.2, -0.15) is 11.8 Å². The largest absolute Gasteiger partial charge is 0.377 e. The number of rotatable bonds is 9. The molecule has 1 aliphatic heterocycles. The molecule has 0 saturated carbocycles. The van der Waals surface area contributed by atoms with Crippen LogP contribution in [0, 0.1) is 6.92 Å². The molecule has 1 aliphatic rings. The molecule has 1 aromatic carbocycles. The van der Waals surface area contributed by atoms with Crippen LogP contribution in [0.15, 0.2) is 24.3 Å². The summed E-state index contributed by atoms with van der Waals surface area (Å²) in [5.41, 5.74) is 2.62. The molecule has 22 heavy (non-hydrogen) atoms. The predicted octanol–water partition coefficient (Wildman–Crippen LogP) is 2.11. The number of nitrogens with one attached hydrogen (secondary N) is 2. The van der Waals surface area contributed by atoms with Crippen LogP contribution >= 0.6 is 11.8 Å². The summed E-state index contributed by atoms with van der Waals surface area (Å²) >= 11 is 1.84. The van der Waals surface area contributed by atoms with Crippen LogP contribution in [-0.2, 0) is 15.3 Å². The van der Waals surface area contributed by atoms with Gasteiger partial charge in [-0.1, -0.05) is 29.8 Å². The molecule has 2 rings (SSSR count). The lowest BCUT2D eigenvalue weighted by atomic mass is 10.2. The van der Waals surface area contributed by atoms with Crippen molar-refractivity contribution in [3.05, 3.63) is 35.4 Å². The summed E-state index contributed by atoms with van der Waals surface area (Å²) in [5.74, 6) is 1.99. The third-order valence-electron chi connectivity index (χ3n) is 3.64. The summed E-state index contributed by atoms with van der Waals surface area (Å²) in [7, 11) is 0. The molecule has 4 nitrogen and oxygen atoms in total. The van der Waals surface area contributed by atoms with Crippen molar-refractivity contribution in [2.24, 2.45) is 0 Å². The maximum Gasteiger partial charge on any atom is 0.233 e. The number of thioether (sulfide) groups is 1. The van der Waals surface area contributed by atoms with Crippen molar-refractivity contribution in [3.8, 4) is 0 Å². The van der Waals surface area contributed by atoms with Crippen molar-refractivity contribution < 1.29 is 9.53 Å². The zero-order valence-corrected chi connectivity index (χ0v) is 14.1. The van der Waals surface area contributed by atoms with Crippen LogP contribution in [0.1, 0.15) is 24.0 Å². The predicted molar refractivity (Wildman–Crippen MR) is 92.2 cm³/mol. The summed E-state index contributed by atoms with van der Waals surface area (Å²) in [6.07, 6.45) is 2.53. The van der Waals surface area contributed by atoms with E-state index in [4.69, 9.17) is 4.74 Å². The first-order chi connectivity index (χ1) is 10.7. The standard InChI is InChI=1S/C17H26N2O2S/c1-14-4-6-15(7-5-14)13-22-10-8-19-17(20)12-18-11-16-3-2-9-21-16/h4-7,16,18H,2-3,8-13H2,1H3,(H,19,20). The molecule has 1 saturated heterocycles. The van der Waals surface area contributed by atoms with Crippen molar-refractivity contribution in [2.75, 3.05) is 32.0 Å². The summed E-state index contributed by atoms with van der Waals surface area (Å²) in [5, 5.41) is 6.10. The maximum absolute atomic E-state index is 11.7. The lowest BCUT2D eigenvalue weighted by Crippen LogP contribution is -2.37. The third-order valence-corrected chi connectivity index (χ3v) is 4.67. The highest BCUT2D eigenvalue weighted by atomic mass is 32.2. The van der Waals surface area contributed by atoms with E-state index in [1.165, 1.54) is 11.1 Å². The molecule has 2 N–H and O–H groups in total. The second-order valence-electron chi connectivity index (χ2n) is 5.65. The van der Waals surface area contributed by atoms with Crippen LogP contribution in [0.3, 0.4) is 0 Å². The van der Waals surface area contributed by atoms with Crippen molar-refractivity contribution in [1.82, 2.24) is 10.6 Å². The average molecular weight is 322 g/mol. The van der Waals surface area contributed by atoms with Crippen LogP contribution in [0.2, 0.25) is 0 Å². The summed E-state index contributed by atoms with van der Waals surface area (Å²) in [6.45, 7) is 4.82. The van der Waals surface area contributed by atoms with Crippen LogP contribution in [0.4, 0.5) is 0 Å². The Labute approximate surface area is 137 Å². The number of carbonyl (C=O) groups excluding carboxylic acids is 1. The SMILES string of the molecule is Cc1ccc(CSCCNC(=O)CNCC2CCCO2)cc1. The summed E-state index contributed by atoms with van der Waals surface area (Å²) < 4.78 is 5.50. The smallest absolute Gasteiger partial charge is 0.233 e. The number of ether oxygens (including phenoxy) is 1. The molecule has 0 radical (unpaired) electrons. The van der Waals surface area contributed by atoms with E-state index in [-0.39, 0.29) is 12.0 Å². The topological polar surface area (TPSA) is 50.4 Å². The molecule has 1 fully saturated rings. The van der Waals surface area contributed by atoms with E-state index in [0.29, 0.717) is 6.54 Å². The van der Waals surface area contributed by atoms with Crippen LogP contribution in [0.25, 0.3) is 0 Å². The van der Waals surface area contributed by atoms with E-state index in [9.17, 15) is 4.79 Å². The molecule has 1 atom stereocenters. The third kappa shape index (κ3) is 6.81. The molecule has 5 heteroatoms. The number of amides is 1. The highest BCUT2D eigenvalue weighted by Gasteiger charge is 2.14. The Morgan fingerprint density at radius 1 is 1.36 bits per heavy atom. The van der Waals surface area contributed by atoms with Crippen LogP contribution in [-0.4, -0.2) is 44.0 Å². The highest BCUT2D eigenvalue weighted by Crippen LogP contribution is 2.12. The van der Waals surface area contributed by atoms with E-state index in [1.807, 2.05) is 11.8 Å². The van der Waals surface area contributed by atoms with E-state index in [0.717, 1.165) is 44.0 Å². The molecular formula is C17H26N2O2S. The van der Waals surface area contributed by atoms with Gasteiger partial charge in [0, 0.05) is 31.2 Å². The molecule has 0 spiro atoms. The van der Waals surface area contributed by atoms with Gasteiger partial charge in [-0.3, -0.25) is 4.79 Å². The number of hydrogen-bond acceptors (Lipinski definition) is 4. The lowest BCUT2D eigenvalue weighted by molar-refractivity contribution is -0.120. The van der Waals surface area contributed by atoms with Gasteiger partial charge in [0.15, 0.2) is 0 Å². The zero-order valence-electron chi connectivity index (χ0n) is 13.3. The second kappa shape index (κ2) is 9.87. The molecule has 1 heterocycles. The Morgan fingerprint density at radius 3 is 2.91 bits per heavy atom. The minimum atomic E-state index is 0.0638. The number of hydrogen-bond donors (Lipinski definition) is 2. The normalized spacial score (nSPS) is 17.6. The van der Waals surface area contributed by atoms with Crippen LogP contribution in [0.5, 0.6) is 0 Å². The number of benzene rings is 1. The maximum atomic E-state index is 11.7. The van der Waals surface area contributed by atoms with Crippen molar-refractivity contribution in [2.45, 2.75) is 31.6 Å². The molecule has 0 aromatic heterocycles. The quantitative estimate of drug-likeness (QED) is 0.684. The summed E-state index contributed by atoms with van der Waals surface area (Å²) in [6, 6.07) is 8.60. The summed E-state index contributed by atoms with van der Waals surface area (Å²) in [4.78, 5) is 11.7. The molecule has 0 bridgehead atoms. The number of aryl methyl sites for hydroxylation is 1. The molecule has 1 unspecified atom stereocenters. The first-order valence-corrected chi connectivity index (χ1v) is 9.12. The highest BCUT2D eigenvalue weighted by molar-refractivity contribution is 7.98. The van der Waals surface area contributed by atoms with Crippen molar-refractivity contribution in [1.29, 1.82) is 0 Å². The molecule has 1 aromatic rings. The van der Waals surface area contributed by atoms with Gasteiger partial charge < -0.3 is 15.4 Å². The van der Waals surface area contributed by atoms with Gasteiger partial charge in [-0.25, -0.2) is 0 Å². The Kier molecular flexibility index (Phi) is 7.77. The van der Waals surface area contributed by atoms with Gasteiger partial charge in [0.25, 0.3) is 0 Å². The minimum Gasteiger partial charge on any atom is -0.377 e. The van der Waals surface area contributed by atoms with E-state index in [1.54, 1.807) is 0 Å². The van der Waals surface area contributed by atoms with E-state index >= 15 is 0 Å². The van der Waals surface area contributed by atoms with Gasteiger partial charge in [0.1, 0.15) is 0 Å². The van der Waals surface area contributed by atoms with Crippen molar-refractivity contribution in [3.63, 3.8) is 0 Å². The van der Waals surface area contributed by atoms with Gasteiger partial charge in [-0.05, 0) is 25.3 Å². The fourth-order valence-corrected chi connectivity index (χ4v) is 3.17. The molecule has 122 valence electrons. The Bertz CT molecular complexity index is 444. The van der Waals surface area contributed by atoms with Gasteiger partial charge >= 0.3 is 0 Å². The first kappa shape index (κ1) is 17.3. The average Bonchev–Trinajstić information content (AvgIpc) is 3.02. The molecule has 0 aliphatic carbocycles. The van der Waals surface area contributed by atoms with Gasteiger partial charge in [0.2, 0.25) is 5.91 Å². The van der Waals surface area contributed by atoms with Gasteiger partial charge in [0.05, 0.1) is 12.6 Å². The van der Waals surface area contributed by atoms with E-state index < -0.39 is 0 Å². The molecule has 1 amide bonds. The van der Waals surface area contributed by atoms with Crippen molar-refractivity contribution >= 4 is 17.7 Å².